The third kappa shape index (κ3) is 4.48. The molecule has 198 valence electrons. The first-order valence-electron chi connectivity index (χ1n) is 15.3. The highest BCUT2D eigenvalue weighted by Crippen LogP contribution is 2.52. The zero-order chi connectivity index (χ0) is 32.9. The van der Waals surface area contributed by atoms with Crippen molar-refractivity contribution in [3.05, 3.63) is 59.0 Å². The molecule has 0 spiro atoms. The van der Waals surface area contributed by atoms with Gasteiger partial charge >= 0.3 is 6.29 Å². The Morgan fingerprint density at radius 1 is 1.24 bits per heavy atom. The summed E-state index contributed by atoms with van der Waals surface area (Å²) in [5.74, 6) is -3.10. The fourth-order valence-corrected chi connectivity index (χ4v) is 4.54. The monoisotopic (exact) mass is 524 g/mol. The summed E-state index contributed by atoms with van der Waals surface area (Å²) >= 11 is 0. The van der Waals surface area contributed by atoms with Gasteiger partial charge in [0.1, 0.15) is 11.6 Å². The lowest BCUT2D eigenvalue weighted by molar-refractivity contribution is -0.286. The summed E-state index contributed by atoms with van der Waals surface area (Å²) in [7, 11) is 0. The van der Waals surface area contributed by atoms with Crippen LogP contribution >= 0.6 is 0 Å². The Morgan fingerprint density at radius 3 is 2.59 bits per heavy atom. The van der Waals surface area contributed by atoms with Gasteiger partial charge in [-0.05, 0) is 60.7 Å². The van der Waals surface area contributed by atoms with E-state index >= 15 is 4.39 Å². The number of aliphatic hydroxyl groups excluding tert-OH is 1. The highest BCUT2D eigenvalue weighted by atomic mass is 19.3. The molecule has 5 rings (SSSR count). The van der Waals surface area contributed by atoms with Crippen molar-refractivity contribution in [2.75, 3.05) is 6.56 Å². The van der Waals surface area contributed by atoms with Crippen LogP contribution in [0.15, 0.2) is 36.3 Å². The maximum atomic E-state index is 15.7. The van der Waals surface area contributed by atoms with Crippen molar-refractivity contribution in [3.63, 3.8) is 0 Å². The van der Waals surface area contributed by atoms with E-state index in [0.717, 1.165) is 10.6 Å². The average Bonchev–Trinajstić information content (AvgIpc) is 3.51. The van der Waals surface area contributed by atoms with Crippen LogP contribution in [0.1, 0.15) is 66.4 Å². The van der Waals surface area contributed by atoms with Gasteiger partial charge in [0.25, 0.3) is 0 Å². The Bertz CT molecular complexity index is 1700. The standard InChI is InChI=1S/C28H30F3NO5/c1-4-26(2,3)24-10-17-9-16(20(29)13-21(17)32(24)14-19(34)15-33)11-25(35)27(7-8-27)18-5-6-22-23(12-18)37-28(30,31)36-22/h5-6,9-10,12-13,19,33-34H,4,7-8,11,14-15H2,1-3H3/t19-/m1/s1/i5D,6D,12D,14D2,15D2. The van der Waals surface area contributed by atoms with E-state index in [-0.39, 0.29) is 40.6 Å². The molecule has 1 aromatic heterocycles. The second kappa shape index (κ2) is 8.77. The average molecular weight is 525 g/mol. The second-order valence-corrected chi connectivity index (χ2v) is 10.0. The minimum atomic E-state index is -4.15. The molecule has 0 amide bonds. The molecule has 3 aromatic rings. The normalized spacial score (nSPS) is 21.8. The lowest BCUT2D eigenvalue weighted by Crippen LogP contribution is -2.26. The van der Waals surface area contributed by atoms with E-state index in [1.807, 2.05) is 6.92 Å². The van der Waals surface area contributed by atoms with Crippen LogP contribution in [0.5, 0.6) is 11.5 Å². The van der Waals surface area contributed by atoms with E-state index in [0.29, 0.717) is 6.42 Å². The van der Waals surface area contributed by atoms with E-state index in [2.05, 4.69) is 9.47 Å². The quantitative estimate of drug-likeness (QED) is 0.413. The van der Waals surface area contributed by atoms with Crippen molar-refractivity contribution >= 4 is 16.7 Å². The highest BCUT2D eigenvalue weighted by Gasteiger charge is 2.52. The van der Waals surface area contributed by atoms with Gasteiger partial charge in [-0.3, -0.25) is 4.79 Å². The number of hydrogen-bond donors (Lipinski definition) is 2. The number of carbonyl (C=O) groups is 1. The molecular formula is C28H30F3NO5. The summed E-state index contributed by atoms with van der Waals surface area (Å²) in [5, 5.41) is 20.5. The molecule has 0 radical (unpaired) electrons. The van der Waals surface area contributed by atoms with Crippen LogP contribution in [0.3, 0.4) is 0 Å². The van der Waals surface area contributed by atoms with Gasteiger partial charge in [0.05, 0.1) is 39.7 Å². The van der Waals surface area contributed by atoms with E-state index in [1.54, 1.807) is 13.8 Å². The number of Topliss-reactive ketones (excluding diaryl/α,β-unsaturated/α-hetero) is 1. The number of ketones is 1. The zero-order valence-electron chi connectivity index (χ0n) is 27.3. The number of hydrogen-bond acceptors (Lipinski definition) is 5. The number of benzene rings is 2. The molecule has 2 aromatic carbocycles. The largest absolute Gasteiger partial charge is 0.586 e. The predicted molar refractivity (Wildman–Crippen MR) is 131 cm³/mol. The SMILES string of the molecule is [2H]c1c([2H])c(C2(C(=O)Cc3cc4cc(C(C)(C)CC)n(C([2H])([2H])[C@@H](O)C([2H])([2H])O)c4cc3F)CC2)c([2H])c2c1OC(F)(F)O2. The van der Waals surface area contributed by atoms with Gasteiger partial charge in [0, 0.05) is 22.9 Å². The van der Waals surface area contributed by atoms with Gasteiger partial charge in [-0.1, -0.05) is 26.8 Å². The van der Waals surface area contributed by atoms with Crippen LogP contribution in [0.4, 0.5) is 13.2 Å². The maximum Gasteiger partial charge on any atom is 0.586 e. The molecule has 1 aliphatic heterocycles. The number of alkyl halides is 2. The molecule has 37 heavy (non-hydrogen) atoms. The lowest BCUT2D eigenvalue weighted by Gasteiger charge is -2.26. The molecule has 1 atom stereocenters. The molecule has 0 bridgehead atoms. The number of halogens is 3. The molecule has 0 saturated heterocycles. The minimum absolute atomic E-state index is 0.0675. The molecule has 9 heteroatoms. The summed E-state index contributed by atoms with van der Waals surface area (Å²) in [5.41, 5.74) is -2.49. The first-order valence-corrected chi connectivity index (χ1v) is 11.8. The molecular weight excluding hydrogens is 487 g/mol. The molecule has 2 aliphatic rings. The Balaban J connectivity index is 1.58. The van der Waals surface area contributed by atoms with Crippen LogP contribution < -0.4 is 9.47 Å². The molecule has 2 N–H and O–H groups in total. The number of carbonyl (C=O) groups excluding carboxylic acids is 1. The number of aliphatic hydroxyl groups is 2. The second-order valence-electron chi connectivity index (χ2n) is 10.0. The zero-order valence-corrected chi connectivity index (χ0v) is 20.3. The Kier molecular flexibility index (Phi) is 4.33. The van der Waals surface area contributed by atoms with Gasteiger partial charge in [-0.15, -0.1) is 8.78 Å². The Hall–Kier alpha value is -3.04. The fourth-order valence-electron chi connectivity index (χ4n) is 4.54. The van der Waals surface area contributed by atoms with Crippen molar-refractivity contribution in [1.82, 2.24) is 4.57 Å². The number of rotatable bonds is 9. The number of fused-ring (bicyclic) bond motifs is 2. The summed E-state index contributed by atoms with van der Waals surface area (Å²) in [6.45, 7) is -0.926. The van der Waals surface area contributed by atoms with E-state index in [4.69, 9.17) is 9.60 Å². The first kappa shape index (κ1) is 18.3. The van der Waals surface area contributed by atoms with E-state index in [9.17, 15) is 23.8 Å². The summed E-state index contributed by atoms with van der Waals surface area (Å²) in [6.07, 6.45) is -6.55. The van der Waals surface area contributed by atoms with Gasteiger partial charge in [0.2, 0.25) is 0 Å². The van der Waals surface area contributed by atoms with Crippen LogP contribution in [0.2, 0.25) is 0 Å². The number of ether oxygens (including phenoxy) is 2. The van der Waals surface area contributed by atoms with E-state index < -0.39 is 83.9 Å². The van der Waals surface area contributed by atoms with Gasteiger partial charge in [-0.2, -0.15) is 0 Å². The van der Waals surface area contributed by atoms with Crippen molar-refractivity contribution in [2.24, 2.45) is 0 Å². The Labute approximate surface area is 222 Å². The lowest BCUT2D eigenvalue weighted by atomic mass is 9.86. The smallest absolute Gasteiger partial charge is 0.395 e. The third-order valence-electron chi connectivity index (χ3n) is 7.22. The minimum Gasteiger partial charge on any atom is -0.395 e. The van der Waals surface area contributed by atoms with Crippen LogP contribution in [0, 0.1) is 5.82 Å². The topological polar surface area (TPSA) is 80.9 Å². The molecule has 6 nitrogen and oxygen atoms in total. The van der Waals surface area contributed by atoms with E-state index in [1.165, 1.54) is 12.1 Å². The molecule has 0 unspecified atom stereocenters. The van der Waals surface area contributed by atoms with Crippen molar-refractivity contribution in [1.29, 1.82) is 0 Å². The highest BCUT2D eigenvalue weighted by molar-refractivity contribution is 5.95. The van der Waals surface area contributed by atoms with Gasteiger partial charge < -0.3 is 24.3 Å². The van der Waals surface area contributed by atoms with Crippen molar-refractivity contribution in [3.8, 4) is 11.5 Å². The van der Waals surface area contributed by atoms with Gasteiger partial charge in [-0.25, -0.2) is 4.39 Å². The molecule has 1 saturated carbocycles. The van der Waals surface area contributed by atoms with Crippen molar-refractivity contribution < 1.29 is 47.2 Å². The number of aromatic nitrogens is 1. The maximum absolute atomic E-state index is 15.7. The van der Waals surface area contributed by atoms with Crippen LogP contribution in [0.25, 0.3) is 10.9 Å². The first-order chi connectivity index (χ1) is 20.1. The molecule has 2 heterocycles. The van der Waals surface area contributed by atoms with Gasteiger partial charge in [0.15, 0.2) is 11.5 Å². The van der Waals surface area contributed by atoms with Crippen LogP contribution in [-0.2, 0) is 28.5 Å². The summed E-state index contributed by atoms with van der Waals surface area (Å²) in [4.78, 5) is 13.7. The fraction of sp³-hybridized carbons (Fsp3) is 0.464. The predicted octanol–water partition coefficient (Wildman–Crippen LogP) is 4.99. The molecule has 1 fully saturated rings. The summed E-state index contributed by atoms with van der Waals surface area (Å²) < 4.78 is 110. The summed E-state index contributed by atoms with van der Waals surface area (Å²) in [6, 6.07) is 1.68. The molecule has 1 aliphatic carbocycles. The number of nitrogens with zero attached hydrogens (tertiary/aromatic N) is 1. The van der Waals surface area contributed by atoms with Crippen LogP contribution in [-0.4, -0.2) is 39.5 Å². The third-order valence-corrected chi connectivity index (χ3v) is 7.22. The van der Waals surface area contributed by atoms with Crippen molar-refractivity contribution in [2.45, 2.75) is 76.2 Å². The Morgan fingerprint density at radius 2 is 1.95 bits per heavy atom.